The lowest BCUT2D eigenvalue weighted by atomic mass is 10.1. The SMILES string of the molecule is COC(=O)c1ccsc1NC(=O)C1CCOC1. The van der Waals surface area contributed by atoms with Gasteiger partial charge < -0.3 is 14.8 Å². The molecular weight excluding hydrogens is 242 g/mol. The number of thiophene rings is 1. The number of hydrogen-bond acceptors (Lipinski definition) is 5. The van der Waals surface area contributed by atoms with Gasteiger partial charge in [0, 0.05) is 6.61 Å². The van der Waals surface area contributed by atoms with E-state index in [2.05, 4.69) is 10.1 Å². The molecule has 1 N–H and O–H groups in total. The second-order valence-corrected chi connectivity index (χ2v) is 4.62. The van der Waals surface area contributed by atoms with E-state index in [4.69, 9.17) is 4.74 Å². The van der Waals surface area contributed by atoms with E-state index < -0.39 is 5.97 Å². The molecule has 5 nitrogen and oxygen atoms in total. The van der Waals surface area contributed by atoms with E-state index in [0.29, 0.717) is 23.8 Å². The van der Waals surface area contributed by atoms with Crippen LogP contribution >= 0.6 is 11.3 Å². The summed E-state index contributed by atoms with van der Waals surface area (Å²) < 4.78 is 9.78. The van der Waals surface area contributed by atoms with Crippen molar-refractivity contribution in [2.24, 2.45) is 5.92 Å². The highest BCUT2D eigenvalue weighted by atomic mass is 32.1. The van der Waals surface area contributed by atoms with Gasteiger partial charge in [-0.05, 0) is 17.9 Å². The minimum atomic E-state index is -0.441. The van der Waals surface area contributed by atoms with Crippen LogP contribution in [0.5, 0.6) is 0 Å². The Morgan fingerprint density at radius 1 is 1.59 bits per heavy atom. The lowest BCUT2D eigenvalue weighted by Gasteiger charge is -2.08. The van der Waals surface area contributed by atoms with Gasteiger partial charge in [-0.25, -0.2) is 4.79 Å². The molecule has 0 spiro atoms. The molecule has 1 fully saturated rings. The zero-order chi connectivity index (χ0) is 12.3. The number of rotatable bonds is 3. The van der Waals surface area contributed by atoms with Crippen LogP contribution in [0.1, 0.15) is 16.8 Å². The van der Waals surface area contributed by atoms with Gasteiger partial charge in [0.2, 0.25) is 5.91 Å². The number of nitrogens with one attached hydrogen (secondary N) is 1. The minimum absolute atomic E-state index is 0.102. The van der Waals surface area contributed by atoms with E-state index in [1.54, 1.807) is 11.4 Å². The molecule has 0 saturated carbocycles. The molecule has 1 aromatic heterocycles. The summed E-state index contributed by atoms with van der Waals surface area (Å²) >= 11 is 1.31. The molecule has 1 atom stereocenters. The fourth-order valence-electron chi connectivity index (χ4n) is 1.63. The summed E-state index contributed by atoms with van der Waals surface area (Å²) in [5, 5.41) is 5.03. The number of methoxy groups -OCH3 is 1. The summed E-state index contributed by atoms with van der Waals surface area (Å²) in [7, 11) is 1.32. The zero-order valence-corrected chi connectivity index (χ0v) is 10.2. The molecule has 1 saturated heterocycles. The van der Waals surface area contributed by atoms with Gasteiger partial charge in [-0.15, -0.1) is 11.3 Å². The predicted octanol–water partition coefficient (Wildman–Crippen LogP) is 1.51. The fraction of sp³-hybridized carbons (Fsp3) is 0.455. The van der Waals surface area contributed by atoms with Crippen molar-refractivity contribution in [1.82, 2.24) is 0 Å². The van der Waals surface area contributed by atoms with Crippen LogP contribution < -0.4 is 5.32 Å². The van der Waals surface area contributed by atoms with E-state index in [-0.39, 0.29) is 11.8 Å². The van der Waals surface area contributed by atoms with Gasteiger partial charge in [-0.1, -0.05) is 0 Å². The van der Waals surface area contributed by atoms with Gasteiger partial charge in [0.25, 0.3) is 0 Å². The molecule has 0 aliphatic carbocycles. The second-order valence-electron chi connectivity index (χ2n) is 3.70. The first-order chi connectivity index (χ1) is 8.22. The number of carbonyl (C=O) groups excluding carboxylic acids is 2. The van der Waals surface area contributed by atoms with Crippen LogP contribution in [0.15, 0.2) is 11.4 Å². The molecule has 2 heterocycles. The van der Waals surface area contributed by atoms with Crippen LogP contribution in [0, 0.1) is 5.92 Å². The Bertz CT molecular complexity index is 423. The van der Waals surface area contributed by atoms with E-state index in [0.717, 1.165) is 6.42 Å². The quantitative estimate of drug-likeness (QED) is 0.831. The van der Waals surface area contributed by atoms with Crippen molar-refractivity contribution in [2.45, 2.75) is 6.42 Å². The largest absolute Gasteiger partial charge is 0.465 e. The smallest absolute Gasteiger partial charge is 0.340 e. The monoisotopic (exact) mass is 255 g/mol. The van der Waals surface area contributed by atoms with Crippen molar-refractivity contribution in [1.29, 1.82) is 0 Å². The average molecular weight is 255 g/mol. The molecule has 92 valence electrons. The molecule has 0 bridgehead atoms. The number of hydrogen-bond donors (Lipinski definition) is 1. The average Bonchev–Trinajstić information content (AvgIpc) is 2.98. The normalized spacial score (nSPS) is 19.0. The third-order valence-electron chi connectivity index (χ3n) is 2.61. The van der Waals surface area contributed by atoms with Gasteiger partial charge in [0.15, 0.2) is 0 Å². The highest BCUT2D eigenvalue weighted by molar-refractivity contribution is 7.14. The fourth-order valence-corrected chi connectivity index (χ4v) is 2.41. The molecule has 2 rings (SSSR count). The van der Waals surface area contributed by atoms with E-state index in [1.165, 1.54) is 18.4 Å². The predicted molar refractivity (Wildman–Crippen MR) is 63.2 cm³/mol. The second kappa shape index (κ2) is 5.29. The van der Waals surface area contributed by atoms with Gasteiger partial charge in [0.05, 0.1) is 25.2 Å². The summed E-state index contributed by atoms with van der Waals surface area (Å²) in [5.74, 6) is -0.665. The van der Waals surface area contributed by atoms with Gasteiger partial charge in [-0.3, -0.25) is 4.79 Å². The molecule has 1 aliphatic heterocycles. The molecule has 1 amide bonds. The van der Waals surface area contributed by atoms with Crippen LogP contribution in [-0.2, 0) is 14.3 Å². The lowest BCUT2D eigenvalue weighted by molar-refractivity contribution is -0.119. The molecule has 1 unspecified atom stereocenters. The first-order valence-electron chi connectivity index (χ1n) is 5.26. The first-order valence-corrected chi connectivity index (χ1v) is 6.14. The Kier molecular flexibility index (Phi) is 3.75. The number of amides is 1. The topological polar surface area (TPSA) is 64.6 Å². The van der Waals surface area contributed by atoms with Gasteiger partial charge in [0.1, 0.15) is 5.00 Å². The summed E-state index contributed by atoms with van der Waals surface area (Å²) in [6, 6.07) is 1.64. The third-order valence-corrected chi connectivity index (χ3v) is 3.44. The van der Waals surface area contributed by atoms with Crippen LogP contribution in [0.25, 0.3) is 0 Å². The van der Waals surface area contributed by atoms with E-state index in [1.807, 2.05) is 0 Å². The number of anilines is 1. The molecule has 1 aromatic rings. The van der Waals surface area contributed by atoms with Crippen LogP contribution in [0.4, 0.5) is 5.00 Å². The summed E-state index contributed by atoms with van der Waals surface area (Å²) in [6.07, 6.45) is 0.727. The summed E-state index contributed by atoms with van der Waals surface area (Å²) in [6.45, 7) is 1.07. The van der Waals surface area contributed by atoms with Crippen molar-refractivity contribution in [3.05, 3.63) is 17.0 Å². The highest BCUT2D eigenvalue weighted by Gasteiger charge is 2.25. The van der Waals surface area contributed by atoms with Crippen LogP contribution in [-0.4, -0.2) is 32.2 Å². The first kappa shape index (κ1) is 12.1. The van der Waals surface area contributed by atoms with Crippen molar-refractivity contribution in [3.63, 3.8) is 0 Å². The Hall–Kier alpha value is -1.40. The molecule has 1 aliphatic rings. The molecular formula is C11H13NO4S. The molecule has 0 aromatic carbocycles. The van der Waals surface area contributed by atoms with Gasteiger partial charge >= 0.3 is 5.97 Å². The van der Waals surface area contributed by atoms with Crippen LogP contribution in [0.2, 0.25) is 0 Å². The van der Waals surface area contributed by atoms with Crippen LogP contribution in [0.3, 0.4) is 0 Å². The van der Waals surface area contributed by atoms with Crippen molar-refractivity contribution >= 4 is 28.2 Å². The van der Waals surface area contributed by atoms with E-state index in [9.17, 15) is 9.59 Å². The summed E-state index contributed by atoms with van der Waals surface area (Å²) in [5.41, 5.74) is 0.393. The molecule has 17 heavy (non-hydrogen) atoms. The Morgan fingerprint density at radius 2 is 2.41 bits per heavy atom. The highest BCUT2D eigenvalue weighted by Crippen LogP contribution is 2.25. The zero-order valence-electron chi connectivity index (χ0n) is 9.39. The Balaban J connectivity index is 2.05. The number of carbonyl (C=O) groups is 2. The number of esters is 1. The standard InChI is InChI=1S/C11H13NO4S/c1-15-11(14)8-3-5-17-10(8)12-9(13)7-2-4-16-6-7/h3,5,7H,2,4,6H2,1H3,(H,12,13). The minimum Gasteiger partial charge on any atom is -0.465 e. The van der Waals surface area contributed by atoms with Crippen molar-refractivity contribution in [2.75, 3.05) is 25.6 Å². The number of ether oxygens (including phenoxy) is 2. The maximum atomic E-state index is 11.8. The van der Waals surface area contributed by atoms with Gasteiger partial charge in [-0.2, -0.15) is 0 Å². The van der Waals surface area contributed by atoms with Crippen molar-refractivity contribution < 1.29 is 19.1 Å². The molecule has 6 heteroatoms. The maximum absolute atomic E-state index is 11.8. The summed E-state index contributed by atoms with van der Waals surface area (Å²) in [4.78, 5) is 23.2. The molecule has 0 radical (unpaired) electrons. The third kappa shape index (κ3) is 2.65. The maximum Gasteiger partial charge on any atom is 0.340 e. The van der Waals surface area contributed by atoms with Crippen molar-refractivity contribution in [3.8, 4) is 0 Å². The Labute approximate surface area is 103 Å². The Morgan fingerprint density at radius 3 is 3.06 bits per heavy atom. The lowest BCUT2D eigenvalue weighted by Crippen LogP contribution is -2.23. The van der Waals surface area contributed by atoms with E-state index >= 15 is 0 Å².